The van der Waals surface area contributed by atoms with Gasteiger partial charge < -0.3 is 10.4 Å². The van der Waals surface area contributed by atoms with Crippen molar-refractivity contribution in [3.05, 3.63) is 70.7 Å². The second-order valence-electron chi connectivity index (χ2n) is 6.18. The molecule has 0 saturated carbocycles. The summed E-state index contributed by atoms with van der Waals surface area (Å²) in [7, 11) is 0. The van der Waals surface area contributed by atoms with Crippen LogP contribution in [0.5, 0.6) is 0 Å². The number of carbonyl (C=O) groups is 1. The first-order valence-corrected chi connectivity index (χ1v) is 9.04. The zero-order valence-corrected chi connectivity index (χ0v) is 14.8. The van der Waals surface area contributed by atoms with Gasteiger partial charge in [0.05, 0.1) is 5.51 Å². The van der Waals surface area contributed by atoms with Crippen LogP contribution in [0.3, 0.4) is 0 Å². The van der Waals surface area contributed by atoms with Crippen molar-refractivity contribution in [2.75, 3.05) is 5.32 Å². The third kappa shape index (κ3) is 3.03. The van der Waals surface area contributed by atoms with E-state index in [4.69, 9.17) is 0 Å². The SMILES string of the molecule is CC(O)(C(=O)Nc1ccc2c(c1)[NH2+]C(c1cscn1)=N2)c1ccccc1. The standard InChI is InChI=1S/C19H16N4O2S/c1-19(25,12-5-3-2-4-6-12)18(24)21-13-7-8-14-15(9-13)23-17(22-14)16-10-26-11-20-16/h2-11,25H,1H3,(H,21,24)(H,22,23)/p+1. The van der Waals surface area contributed by atoms with Crippen molar-refractivity contribution in [2.24, 2.45) is 4.99 Å². The number of quaternary nitrogens is 1. The first-order valence-electron chi connectivity index (χ1n) is 8.09. The van der Waals surface area contributed by atoms with Crippen LogP contribution in [0.2, 0.25) is 0 Å². The minimum atomic E-state index is -1.62. The van der Waals surface area contributed by atoms with Gasteiger partial charge in [0.2, 0.25) is 0 Å². The number of fused-ring (bicyclic) bond motifs is 1. The van der Waals surface area contributed by atoms with Gasteiger partial charge in [0.15, 0.2) is 17.0 Å². The predicted octanol–water partition coefficient (Wildman–Crippen LogP) is 2.28. The molecule has 3 aromatic rings. The number of aliphatic imine (C=N–C) groups is 1. The molecule has 0 spiro atoms. The van der Waals surface area contributed by atoms with Crippen molar-refractivity contribution in [3.8, 4) is 0 Å². The molecule has 2 aromatic carbocycles. The van der Waals surface area contributed by atoms with E-state index in [0.29, 0.717) is 11.3 Å². The molecule has 0 radical (unpaired) electrons. The summed E-state index contributed by atoms with van der Waals surface area (Å²) in [5.74, 6) is 0.322. The average Bonchev–Trinajstić information content (AvgIpc) is 3.31. The monoisotopic (exact) mass is 365 g/mol. The number of hydrogen-bond donors (Lipinski definition) is 3. The van der Waals surface area contributed by atoms with Crippen molar-refractivity contribution >= 4 is 40.1 Å². The first-order chi connectivity index (χ1) is 12.5. The van der Waals surface area contributed by atoms with Gasteiger partial charge in [-0.25, -0.2) is 4.98 Å². The van der Waals surface area contributed by atoms with E-state index >= 15 is 0 Å². The third-order valence-corrected chi connectivity index (χ3v) is 4.88. The van der Waals surface area contributed by atoms with Crippen LogP contribution in [0.15, 0.2) is 64.4 Å². The van der Waals surface area contributed by atoms with Crippen LogP contribution < -0.4 is 10.6 Å². The lowest BCUT2D eigenvalue weighted by Gasteiger charge is -2.22. The lowest BCUT2D eigenvalue weighted by atomic mass is 9.95. The lowest BCUT2D eigenvalue weighted by Crippen LogP contribution is -2.80. The first kappa shape index (κ1) is 16.6. The smallest absolute Gasteiger partial charge is 0.260 e. The van der Waals surface area contributed by atoms with Gasteiger partial charge >= 0.3 is 0 Å². The summed E-state index contributed by atoms with van der Waals surface area (Å²) in [5.41, 5.74) is 3.88. The van der Waals surface area contributed by atoms with E-state index in [9.17, 15) is 9.90 Å². The van der Waals surface area contributed by atoms with Crippen LogP contribution in [0.1, 0.15) is 18.2 Å². The number of aliphatic hydroxyl groups is 1. The molecule has 0 saturated heterocycles. The molecule has 1 aromatic heterocycles. The summed E-state index contributed by atoms with van der Waals surface area (Å²) in [6, 6.07) is 14.3. The van der Waals surface area contributed by atoms with E-state index in [1.54, 1.807) is 35.8 Å². The maximum atomic E-state index is 12.6. The van der Waals surface area contributed by atoms with Crippen LogP contribution in [0, 0.1) is 0 Å². The van der Waals surface area contributed by atoms with Crippen molar-refractivity contribution in [1.29, 1.82) is 0 Å². The van der Waals surface area contributed by atoms with Crippen molar-refractivity contribution in [1.82, 2.24) is 4.98 Å². The molecule has 7 heteroatoms. The molecule has 0 aliphatic carbocycles. The number of rotatable bonds is 4. The predicted molar refractivity (Wildman–Crippen MR) is 101 cm³/mol. The normalized spacial score (nSPS) is 15.1. The Morgan fingerprint density at radius 2 is 2.04 bits per heavy atom. The molecule has 1 aliphatic rings. The molecule has 26 heavy (non-hydrogen) atoms. The number of amides is 1. The maximum Gasteiger partial charge on any atom is 0.260 e. The van der Waals surface area contributed by atoms with Crippen LogP contribution in [0.4, 0.5) is 17.1 Å². The van der Waals surface area contributed by atoms with E-state index < -0.39 is 11.5 Å². The minimum absolute atomic E-state index is 0.484. The molecule has 1 amide bonds. The molecule has 4 rings (SSSR count). The Morgan fingerprint density at radius 1 is 1.23 bits per heavy atom. The molecule has 4 N–H and O–H groups in total. The van der Waals surface area contributed by atoms with Gasteiger partial charge in [-0.05, 0) is 24.6 Å². The van der Waals surface area contributed by atoms with E-state index in [2.05, 4.69) is 15.3 Å². The highest BCUT2D eigenvalue weighted by molar-refractivity contribution is 7.07. The second kappa shape index (κ2) is 6.45. The molecule has 1 unspecified atom stereocenters. The van der Waals surface area contributed by atoms with E-state index in [1.165, 1.54) is 18.3 Å². The Bertz CT molecular complexity index is 982. The number of thiazole rings is 1. The quantitative estimate of drug-likeness (QED) is 0.620. The molecule has 0 fully saturated rings. The zero-order chi connectivity index (χ0) is 18.1. The molecule has 1 aliphatic heterocycles. The number of hydrogen-bond acceptors (Lipinski definition) is 5. The summed E-state index contributed by atoms with van der Waals surface area (Å²) >= 11 is 1.52. The second-order valence-corrected chi connectivity index (χ2v) is 6.90. The van der Waals surface area contributed by atoms with Crippen molar-refractivity contribution < 1.29 is 15.2 Å². The molecule has 0 bridgehead atoms. The van der Waals surface area contributed by atoms with Gasteiger partial charge in [-0.3, -0.25) is 10.1 Å². The van der Waals surface area contributed by atoms with E-state index in [-0.39, 0.29) is 0 Å². The highest BCUT2D eigenvalue weighted by atomic mass is 32.1. The Labute approximate surface area is 154 Å². The molecular formula is C19H17N4O2S+. The van der Waals surface area contributed by atoms with E-state index in [1.807, 2.05) is 28.9 Å². The van der Waals surface area contributed by atoms with Gasteiger partial charge in [-0.15, -0.1) is 11.3 Å². The summed E-state index contributed by atoms with van der Waals surface area (Å²) in [4.78, 5) is 21.4. The molecule has 6 nitrogen and oxygen atoms in total. The van der Waals surface area contributed by atoms with Crippen LogP contribution in [-0.2, 0) is 10.4 Å². The summed E-state index contributed by atoms with van der Waals surface area (Å²) in [5, 5.41) is 17.3. The highest BCUT2D eigenvalue weighted by Gasteiger charge is 2.32. The summed E-state index contributed by atoms with van der Waals surface area (Å²) < 4.78 is 0. The van der Waals surface area contributed by atoms with Gasteiger partial charge in [0.25, 0.3) is 11.7 Å². The molecule has 1 atom stereocenters. The topological polar surface area (TPSA) is 91.2 Å². The number of nitrogens with two attached hydrogens (primary N) is 1. The molecule has 2 heterocycles. The fraction of sp³-hybridized carbons (Fsp3) is 0.105. The Kier molecular flexibility index (Phi) is 4.12. The van der Waals surface area contributed by atoms with Gasteiger partial charge in [0, 0.05) is 17.1 Å². The Hall–Kier alpha value is -2.87. The summed E-state index contributed by atoms with van der Waals surface area (Å²) in [6.07, 6.45) is 0. The number of amidine groups is 1. The molecular weight excluding hydrogens is 348 g/mol. The fourth-order valence-electron chi connectivity index (χ4n) is 2.78. The van der Waals surface area contributed by atoms with Crippen LogP contribution in [-0.4, -0.2) is 21.8 Å². The number of nitrogens with one attached hydrogen (secondary N) is 1. The maximum absolute atomic E-state index is 12.6. The lowest BCUT2D eigenvalue weighted by molar-refractivity contribution is -0.437. The highest BCUT2D eigenvalue weighted by Crippen LogP contribution is 2.29. The number of anilines is 1. The summed E-state index contributed by atoms with van der Waals surface area (Å²) in [6.45, 7) is 1.49. The van der Waals surface area contributed by atoms with Crippen LogP contribution >= 0.6 is 11.3 Å². The Balaban J connectivity index is 1.52. The zero-order valence-electron chi connectivity index (χ0n) is 14.0. The van der Waals surface area contributed by atoms with Gasteiger partial charge in [-0.1, -0.05) is 30.3 Å². The average molecular weight is 365 g/mol. The minimum Gasteiger partial charge on any atom is -0.376 e. The molecule has 130 valence electrons. The third-order valence-electron chi connectivity index (χ3n) is 4.29. The number of nitrogens with zero attached hydrogens (tertiary/aromatic N) is 2. The Morgan fingerprint density at radius 3 is 2.77 bits per heavy atom. The van der Waals surface area contributed by atoms with Crippen molar-refractivity contribution in [3.63, 3.8) is 0 Å². The van der Waals surface area contributed by atoms with E-state index in [0.717, 1.165) is 22.9 Å². The van der Waals surface area contributed by atoms with Gasteiger partial charge in [0.1, 0.15) is 5.69 Å². The fourth-order valence-corrected chi connectivity index (χ4v) is 3.32. The van der Waals surface area contributed by atoms with Crippen molar-refractivity contribution in [2.45, 2.75) is 12.5 Å². The van der Waals surface area contributed by atoms with Gasteiger partial charge in [-0.2, -0.15) is 4.99 Å². The number of aromatic nitrogens is 1. The number of carbonyl (C=O) groups excluding carboxylic acids is 1. The largest absolute Gasteiger partial charge is 0.376 e. The number of benzene rings is 2. The van der Waals surface area contributed by atoms with Crippen LogP contribution in [0.25, 0.3) is 0 Å².